The second kappa shape index (κ2) is 3.74. The minimum absolute atomic E-state index is 0.0681. The highest BCUT2D eigenvalue weighted by molar-refractivity contribution is 5.98. The van der Waals surface area contributed by atoms with Crippen molar-refractivity contribution < 1.29 is 4.79 Å². The lowest BCUT2D eigenvalue weighted by Gasteiger charge is -2.19. The van der Waals surface area contributed by atoms with Gasteiger partial charge in [0.05, 0.1) is 0 Å². The van der Waals surface area contributed by atoms with Gasteiger partial charge in [0, 0.05) is 24.3 Å². The number of nitrogen functional groups attached to an aromatic ring is 1. The molecule has 1 amide bonds. The monoisotopic (exact) mass is 246 g/mol. The highest BCUT2D eigenvalue weighted by atomic mass is 16.2. The van der Waals surface area contributed by atoms with Crippen LogP contribution in [0.1, 0.15) is 27.7 Å². The second-order valence-electron chi connectivity index (χ2n) is 6.37. The summed E-state index contributed by atoms with van der Waals surface area (Å²) in [5.41, 5.74) is 7.43. The molecule has 0 spiro atoms. The van der Waals surface area contributed by atoms with Crippen molar-refractivity contribution >= 4 is 17.3 Å². The molecule has 0 atom stereocenters. The molecular weight excluding hydrogens is 224 g/mol. The number of hydrogen-bond acceptors (Lipinski definition) is 2. The molecule has 1 aromatic rings. The van der Waals surface area contributed by atoms with Gasteiger partial charge >= 0.3 is 0 Å². The van der Waals surface area contributed by atoms with E-state index in [1.807, 2.05) is 31.3 Å². The Balaban J connectivity index is 2.22. The number of hydrogen-bond donors (Lipinski definition) is 1. The molecule has 2 N–H and O–H groups in total. The Labute approximate surface area is 109 Å². The van der Waals surface area contributed by atoms with Crippen LogP contribution in [0.4, 0.5) is 11.4 Å². The molecule has 0 aliphatic heterocycles. The molecule has 3 heteroatoms. The van der Waals surface area contributed by atoms with Crippen LogP contribution >= 0.6 is 0 Å². The number of nitrogens with two attached hydrogens (primary N) is 1. The predicted molar refractivity (Wildman–Crippen MR) is 75.3 cm³/mol. The molecule has 0 saturated heterocycles. The number of carbonyl (C=O) groups is 1. The summed E-state index contributed by atoms with van der Waals surface area (Å²) < 4.78 is 0. The highest BCUT2D eigenvalue weighted by Gasteiger charge is 2.68. The topological polar surface area (TPSA) is 46.3 Å². The maximum atomic E-state index is 12.5. The van der Waals surface area contributed by atoms with E-state index in [1.165, 1.54) is 0 Å². The fraction of sp³-hybridized carbons (Fsp3) is 0.533. The summed E-state index contributed by atoms with van der Waals surface area (Å²) in [4.78, 5) is 14.3. The molecule has 2 rings (SSSR count). The predicted octanol–water partition coefficient (Wildman–Crippen LogP) is 2.91. The summed E-state index contributed by atoms with van der Waals surface area (Å²) in [5, 5.41) is 0. The van der Waals surface area contributed by atoms with Crippen molar-refractivity contribution in [1.82, 2.24) is 0 Å². The summed E-state index contributed by atoms with van der Waals surface area (Å²) in [6.45, 7) is 8.62. The molecule has 98 valence electrons. The van der Waals surface area contributed by atoms with Crippen LogP contribution in [0.15, 0.2) is 24.3 Å². The van der Waals surface area contributed by atoms with Gasteiger partial charge in [-0.1, -0.05) is 33.8 Å². The fourth-order valence-electron chi connectivity index (χ4n) is 2.87. The lowest BCUT2D eigenvalue weighted by atomic mass is 10.0. The van der Waals surface area contributed by atoms with E-state index in [1.54, 1.807) is 4.90 Å². The quantitative estimate of drug-likeness (QED) is 0.816. The number of nitrogens with zero attached hydrogens (tertiary/aromatic N) is 1. The maximum absolute atomic E-state index is 12.5. The van der Waals surface area contributed by atoms with Crippen molar-refractivity contribution in [1.29, 1.82) is 0 Å². The lowest BCUT2D eigenvalue weighted by molar-refractivity contribution is -0.120. The van der Waals surface area contributed by atoms with E-state index >= 15 is 0 Å². The van der Waals surface area contributed by atoms with Crippen molar-refractivity contribution in [2.75, 3.05) is 17.7 Å². The summed E-state index contributed by atoms with van der Waals surface area (Å²) >= 11 is 0. The minimum Gasteiger partial charge on any atom is -0.399 e. The molecule has 1 aliphatic carbocycles. The van der Waals surface area contributed by atoms with Crippen LogP contribution in [0.2, 0.25) is 0 Å². The van der Waals surface area contributed by atoms with Crippen LogP contribution in [0, 0.1) is 16.7 Å². The number of amides is 1. The second-order valence-corrected chi connectivity index (χ2v) is 6.37. The van der Waals surface area contributed by atoms with Crippen molar-refractivity contribution in [3.05, 3.63) is 24.3 Å². The van der Waals surface area contributed by atoms with Crippen molar-refractivity contribution in [2.24, 2.45) is 16.7 Å². The van der Waals surface area contributed by atoms with Gasteiger partial charge in [0.1, 0.15) is 0 Å². The standard InChI is InChI=1S/C15H22N2O/c1-14(2)12(15(14,3)4)13(18)17(5)11-8-6-7-10(16)9-11/h6-9,12H,16H2,1-5H3. The third kappa shape index (κ3) is 1.69. The molecule has 1 aliphatic rings. The lowest BCUT2D eigenvalue weighted by Crippen LogP contribution is -2.30. The Morgan fingerprint density at radius 2 is 1.78 bits per heavy atom. The Morgan fingerprint density at radius 3 is 2.22 bits per heavy atom. The van der Waals surface area contributed by atoms with E-state index in [2.05, 4.69) is 27.7 Å². The molecule has 0 radical (unpaired) electrons. The average molecular weight is 246 g/mol. The van der Waals surface area contributed by atoms with Crippen LogP contribution in [0.25, 0.3) is 0 Å². The molecule has 0 bridgehead atoms. The summed E-state index contributed by atoms with van der Waals surface area (Å²) in [7, 11) is 1.82. The number of carbonyl (C=O) groups excluding carboxylic acids is 1. The van der Waals surface area contributed by atoms with Gasteiger partial charge in [-0.15, -0.1) is 0 Å². The first-order valence-corrected chi connectivity index (χ1v) is 6.32. The molecule has 1 fully saturated rings. The summed E-state index contributed by atoms with van der Waals surface area (Å²) in [6.07, 6.45) is 0. The van der Waals surface area contributed by atoms with E-state index in [9.17, 15) is 4.79 Å². The maximum Gasteiger partial charge on any atom is 0.230 e. The van der Waals surface area contributed by atoms with Gasteiger partial charge in [-0.2, -0.15) is 0 Å². The van der Waals surface area contributed by atoms with Gasteiger partial charge in [0.15, 0.2) is 0 Å². The molecule has 18 heavy (non-hydrogen) atoms. The largest absolute Gasteiger partial charge is 0.399 e. The van der Waals surface area contributed by atoms with Crippen molar-refractivity contribution in [2.45, 2.75) is 27.7 Å². The van der Waals surface area contributed by atoms with E-state index in [4.69, 9.17) is 5.73 Å². The Kier molecular flexibility index (Phi) is 2.69. The molecular formula is C15H22N2O. The first-order chi connectivity index (χ1) is 8.19. The zero-order valence-corrected chi connectivity index (χ0v) is 11.8. The van der Waals surface area contributed by atoms with Gasteiger partial charge in [-0.25, -0.2) is 0 Å². The van der Waals surface area contributed by atoms with E-state index in [-0.39, 0.29) is 22.7 Å². The first-order valence-electron chi connectivity index (χ1n) is 6.32. The zero-order chi connectivity index (χ0) is 13.7. The van der Waals surface area contributed by atoms with Gasteiger partial charge < -0.3 is 10.6 Å². The van der Waals surface area contributed by atoms with Crippen molar-refractivity contribution in [3.63, 3.8) is 0 Å². The molecule has 1 aromatic carbocycles. The van der Waals surface area contributed by atoms with Gasteiger partial charge in [-0.3, -0.25) is 4.79 Å². The minimum atomic E-state index is 0.0681. The van der Waals surface area contributed by atoms with Crippen LogP contribution < -0.4 is 10.6 Å². The van der Waals surface area contributed by atoms with Gasteiger partial charge in [0.2, 0.25) is 5.91 Å². The average Bonchev–Trinajstić information content (AvgIpc) is 2.67. The molecule has 1 saturated carbocycles. The normalized spacial score (nSPS) is 20.5. The van der Waals surface area contributed by atoms with Crippen molar-refractivity contribution in [3.8, 4) is 0 Å². The Hall–Kier alpha value is -1.51. The van der Waals surface area contributed by atoms with E-state index < -0.39 is 0 Å². The SMILES string of the molecule is CN(C(=O)C1C(C)(C)C1(C)C)c1cccc(N)c1. The van der Waals surface area contributed by atoms with Gasteiger partial charge in [-0.05, 0) is 29.0 Å². The van der Waals surface area contributed by atoms with Crippen LogP contribution in [0.3, 0.4) is 0 Å². The smallest absolute Gasteiger partial charge is 0.230 e. The number of anilines is 2. The van der Waals surface area contributed by atoms with E-state index in [0.717, 1.165) is 5.69 Å². The Bertz CT molecular complexity index is 477. The van der Waals surface area contributed by atoms with Crippen LogP contribution in [-0.2, 0) is 4.79 Å². The molecule has 0 heterocycles. The van der Waals surface area contributed by atoms with Gasteiger partial charge in [0.25, 0.3) is 0 Å². The number of rotatable bonds is 2. The molecule has 3 nitrogen and oxygen atoms in total. The molecule has 0 unspecified atom stereocenters. The first kappa shape index (κ1) is 12.9. The summed E-state index contributed by atoms with van der Waals surface area (Å²) in [6, 6.07) is 7.45. The third-order valence-corrected chi connectivity index (χ3v) is 4.86. The molecule has 0 aromatic heterocycles. The van der Waals surface area contributed by atoms with Crippen LogP contribution in [-0.4, -0.2) is 13.0 Å². The highest BCUT2D eigenvalue weighted by Crippen LogP contribution is 2.68. The van der Waals surface area contributed by atoms with Crippen LogP contribution in [0.5, 0.6) is 0 Å². The fourth-order valence-corrected chi connectivity index (χ4v) is 2.87. The summed E-state index contributed by atoms with van der Waals surface area (Å²) in [5.74, 6) is 0.257. The van der Waals surface area contributed by atoms with E-state index in [0.29, 0.717) is 5.69 Å². The third-order valence-electron chi connectivity index (χ3n) is 4.86. The Morgan fingerprint density at radius 1 is 1.22 bits per heavy atom. The number of benzene rings is 1. The zero-order valence-electron chi connectivity index (χ0n) is 11.8.